The Bertz CT molecular complexity index is 1020. The van der Waals surface area contributed by atoms with Crippen LogP contribution < -0.4 is 0 Å². The number of hydrogen-bond donors (Lipinski definition) is 0. The molecule has 7 nitrogen and oxygen atoms in total. The van der Waals surface area contributed by atoms with E-state index in [4.69, 9.17) is 0 Å². The number of aryl methyl sites for hydroxylation is 3. The fourth-order valence-electron chi connectivity index (χ4n) is 4.37. The van der Waals surface area contributed by atoms with Crippen LogP contribution in [0.2, 0.25) is 0 Å². The maximum absolute atomic E-state index is 13.1. The number of hydrogen-bond acceptors (Lipinski definition) is 4. The summed E-state index contributed by atoms with van der Waals surface area (Å²) in [5.41, 5.74) is 4.57. The zero-order chi connectivity index (χ0) is 20.5. The highest BCUT2D eigenvalue weighted by atomic mass is 16.2. The van der Waals surface area contributed by atoms with E-state index in [9.17, 15) is 4.79 Å². The minimum atomic E-state index is 0.155. The second kappa shape index (κ2) is 7.81. The lowest BCUT2D eigenvalue weighted by atomic mass is 10.0. The van der Waals surface area contributed by atoms with Gasteiger partial charge in [-0.3, -0.25) is 9.48 Å². The van der Waals surface area contributed by atoms with Gasteiger partial charge in [0.05, 0.1) is 18.3 Å². The van der Waals surface area contributed by atoms with Gasteiger partial charge in [-0.25, -0.2) is 0 Å². The molecule has 1 aliphatic rings. The van der Waals surface area contributed by atoms with Crippen LogP contribution in [-0.4, -0.2) is 41.9 Å². The molecule has 0 aliphatic carbocycles. The molecule has 1 aliphatic heterocycles. The Hall–Kier alpha value is -2.96. The zero-order valence-electron chi connectivity index (χ0n) is 17.6. The molecular formula is C22H28N6O. The van der Waals surface area contributed by atoms with Crippen molar-refractivity contribution in [2.75, 3.05) is 6.54 Å². The van der Waals surface area contributed by atoms with E-state index in [1.807, 2.05) is 36.5 Å². The molecule has 0 saturated heterocycles. The van der Waals surface area contributed by atoms with Crippen molar-refractivity contribution in [2.45, 2.75) is 52.6 Å². The van der Waals surface area contributed by atoms with Crippen LogP contribution >= 0.6 is 0 Å². The summed E-state index contributed by atoms with van der Waals surface area (Å²) in [7, 11) is 1.95. The van der Waals surface area contributed by atoms with Crippen molar-refractivity contribution in [1.29, 1.82) is 0 Å². The molecule has 0 radical (unpaired) electrons. The smallest absolute Gasteiger partial charge is 0.223 e. The summed E-state index contributed by atoms with van der Waals surface area (Å²) >= 11 is 0. The third-order valence-corrected chi connectivity index (χ3v) is 5.98. The molecule has 3 heterocycles. The van der Waals surface area contributed by atoms with Crippen LogP contribution in [0.25, 0.3) is 0 Å². The van der Waals surface area contributed by atoms with Crippen molar-refractivity contribution in [3.63, 3.8) is 0 Å². The van der Waals surface area contributed by atoms with E-state index < -0.39 is 0 Å². The molecule has 29 heavy (non-hydrogen) atoms. The second-order valence-electron chi connectivity index (χ2n) is 7.92. The highest BCUT2D eigenvalue weighted by Gasteiger charge is 2.30. The third-order valence-electron chi connectivity index (χ3n) is 5.98. The van der Waals surface area contributed by atoms with Crippen molar-refractivity contribution in [2.24, 2.45) is 7.05 Å². The highest BCUT2D eigenvalue weighted by molar-refractivity contribution is 5.76. The summed E-state index contributed by atoms with van der Waals surface area (Å²) in [5, 5.41) is 13.1. The summed E-state index contributed by atoms with van der Waals surface area (Å²) in [6, 6.07) is 10.6. The van der Waals surface area contributed by atoms with Crippen LogP contribution in [0.3, 0.4) is 0 Å². The fourth-order valence-corrected chi connectivity index (χ4v) is 4.37. The van der Waals surface area contributed by atoms with E-state index in [2.05, 4.69) is 51.1 Å². The van der Waals surface area contributed by atoms with Crippen molar-refractivity contribution in [3.05, 3.63) is 64.5 Å². The number of carbonyl (C=O) groups is 1. The van der Waals surface area contributed by atoms with Gasteiger partial charge in [-0.15, -0.1) is 10.2 Å². The Balaban J connectivity index is 1.50. The first-order valence-corrected chi connectivity index (χ1v) is 10.1. The Morgan fingerprint density at radius 2 is 1.90 bits per heavy atom. The molecule has 0 unspecified atom stereocenters. The highest BCUT2D eigenvalue weighted by Crippen LogP contribution is 2.26. The summed E-state index contributed by atoms with van der Waals surface area (Å²) in [4.78, 5) is 15.0. The molecule has 152 valence electrons. The van der Waals surface area contributed by atoms with Crippen LogP contribution in [0.4, 0.5) is 0 Å². The Kier molecular flexibility index (Phi) is 5.22. The van der Waals surface area contributed by atoms with Gasteiger partial charge < -0.3 is 9.47 Å². The first kappa shape index (κ1) is 19.4. The van der Waals surface area contributed by atoms with Crippen molar-refractivity contribution >= 4 is 5.91 Å². The predicted molar refractivity (Wildman–Crippen MR) is 110 cm³/mol. The standard InChI is InChI=1S/C22H28N6O/c1-15-20(16(2)26(4)25-15)10-11-22(29)27-13-19(12-18-8-6-5-7-9-18)28-17(3)23-24-21(28)14-27/h5-9,19H,10-14H2,1-4H3/t19-/m1/s1. The fraction of sp³-hybridized carbons (Fsp3) is 0.455. The number of aromatic nitrogens is 5. The quantitative estimate of drug-likeness (QED) is 0.669. The Morgan fingerprint density at radius 3 is 2.59 bits per heavy atom. The van der Waals surface area contributed by atoms with Crippen molar-refractivity contribution in [1.82, 2.24) is 29.4 Å². The number of amides is 1. The largest absolute Gasteiger partial charge is 0.333 e. The lowest BCUT2D eigenvalue weighted by Crippen LogP contribution is -2.42. The minimum Gasteiger partial charge on any atom is -0.333 e. The number of rotatable bonds is 5. The molecule has 0 bridgehead atoms. The molecule has 1 amide bonds. The van der Waals surface area contributed by atoms with E-state index in [1.165, 1.54) is 11.1 Å². The SMILES string of the molecule is Cc1nn(C)c(C)c1CCC(=O)N1Cc2nnc(C)n2[C@H](Cc2ccccc2)C1. The van der Waals surface area contributed by atoms with Gasteiger partial charge in [-0.05, 0) is 44.7 Å². The number of benzene rings is 1. The number of carbonyl (C=O) groups excluding carboxylic acids is 1. The van der Waals surface area contributed by atoms with E-state index in [1.54, 1.807) is 0 Å². The second-order valence-corrected chi connectivity index (χ2v) is 7.92. The Labute approximate surface area is 171 Å². The number of fused-ring (bicyclic) bond motifs is 1. The molecule has 4 rings (SSSR count). The molecule has 7 heteroatoms. The Morgan fingerprint density at radius 1 is 1.14 bits per heavy atom. The molecule has 0 saturated carbocycles. The zero-order valence-corrected chi connectivity index (χ0v) is 17.6. The lowest BCUT2D eigenvalue weighted by molar-refractivity contribution is -0.133. The maximum Gasteiger partial charge on any atom is 0.223 e. The van der Waals surface area contributed by atoms with Crippen LogP contribution in [0.5, 0.6) is 0 Å². The molecule has 1 aromatic carbocycles. The normalized spacial score (nSPS) is 16.1. The number of nitrogens with zero attached hydrogens (tertiary/aromatic N) is 6. The predicted octanol–water partition coefficient (Wildman–Crippen LogP) is 2.70. The van der Waals surface area contributed by atoms with Gasteiger partial charge in [0.25, 0.3) is 0 Å². The molecule has 0 fully saturated rings. The molecule has 0 N–H and O–H groups in total. The van der Waals surface area contributed by atoms with Gasteiger partial charge >= 0.3 is 0 Å². The van der Waals surface area contributed by atoms with Crippen molar-refractivity contribution < 1.29 is 4.79 Å². The van der Waals surface area contributed by atoms with Gasteiger partial charge in [-0.1, -0.05) is 30.3 Å². The van der Waals surface area contributed by atoms with Crippen LogP contribution in [-0.2, 0) is 31.2 Å². The van der Waals surface area contributed by atoms with E-state index >= 15 is 0 Å². The molecule has 2 aromatic heterocycles. The first-order chi connectivity index (χ1) is 13.9. The average molecular weight is 393 g/mol. The van der Waals surface area contributed by atoms with Gasteiger partial charge in [0, 0.05) is 25.7 Å². The summed E-state index contributed by atoms with van der Waals surface area (Å²) in [5.74, 6) is 1.95. The molecule has 0 spiro atoms. The summed E-state index contributed by atoms with van der Waals surface area (Å²) < 4.78 is 4.09. The maximum atomic E-state index is 13.1. The summed E-state index contributed by atoms with van der Waals surface area (Å²) in [6.07, 6.45) is 2.06. The molecule has 3 aromatic rings. The topological polar surface area (TPSA) is 68.8 Å². The van der Waals surface area contributed by atoms with E-state index in [0.717, 1.165) is 35.9 Å². The third kappa shape index (κ3) is 3.81. The van der Waals surface area contributed by atoms with Crippen molar-refractivity contribution in [3.8, 4) is 0 Å². The molecule has 1 atom stereocenters. The molecular weight excluding hydrogens is 364 g/mol. The summed E-state index contributed by atoms with van der Waals surface area (Å²) in [6.45, 7) is 7.26. The monoisotopic (exact) mass is 392 g/mol. The minimum absolute atomic E-state index is 0.155. The van der Waals surface area contributed by atoms with E-state index in [-0.39, 0.29) is 11.9 Å². The van der Waals surface area contributed by atoms with Gasteiger partial charge in [0.2, 0.25) is 5.91 Å². The van der Waals surface area contributed by atoms with Gasteiger partial charge in [0.15, 0.2) is 5.82 Å². The van der Waals surface area contributed by atoms with Gasteiger partial charge in [0.1, 0.15) is 5.82 Å². The lowest BCUT2D eigenvalue weighted by Gasteiger charge is -2.34. The van der Waals surface area contributed by atoms with Crippen LogP contribution in [0.1, 0.15) is 46.6 Å². The van der Waals surface area contributed by atoms with Gasteiger partial charge in [-0.2, -0.15) is 5.10 Å². The average Bonchev–Trinajstić information content (AvgIpc) is 3.20. The van der Waals surface area contributed by atoms with Crippen LogP contribution in [0, 0.1) is 20.8 Å². The first-order valence-electron chi connectivity index (χ1n) is 10.1. The van der Waals surface area contributed by atoms with E-state index in [0.29, 0.717) is 19.5 Å². The van der Waals surface area contributed by atoms with Crippen LogP contribution in [0.15, 0.2) is 30.3 Å².